The number of rotatable bonds is 3. The molecule has 1 aromatic carbocycles. The summed E-state index contributed by atoms with van der Waals surface area (Å²) in [6.45, 7) is 5.86. The highest BCUT2D eigenvalue weighted by Crippen LogP contribution is 2.41. The maximum Gasteiger partial charge on any atom is 0.262 e. The number of nitrogens with one attached hydrogen (secondary N) is 2. The zero-order valence-corrected chi connectivity index (χ0v) is 16.4. The molecule has 152 valence electrons. The molecule has 5 rings (SSSR count). The first kappa shape index (κ1) is 18.4. The van der Waals surface area contributed by atoms with E-state index in [1.54, 1.807) is 12.1 Å². The molecule has 2 unspecified atom stereocenters. The summed E-state index contributed by atoms with van der Waals surface area (Å²) in [6.07, 6.45) is 1.42. The van der Waals surface area contributed by atoms with Crippen molar-refractivity contribution in [1.82, 2.24) is 20.4 Å². The second-order valence-electron chi connectivity index (χ2n) is 8.65. The Labute approximate surface area is 168 Å². The van der Waals surface area contributed by atoms with Gasteiger partial charge in [-0.1, -0.05) is 12.1 Å². The van der Waals surface area contributed by atoms with E-state index in [4.69, 9.17) is 0 Å². The third-order valence-electron chi connectivity index (χ3n) is 7.21. The third-order valence-corrected chi connectivity index (χ3v) is 7.21. The van der Waals surface area contributed by atoms with Crippen molar-refractivity contribution < 1.29 is 19.2 Å². The normalized spacial score (nSPS) is 28.7. The van der Waals surface area contributed by atoms with Crippen molar-refractivity contribution in [2.24, 2.45) is 5.41 Å². The molecule has 0 bridgehead atoms. The minimum atomic E-state index is -0.928. The molecule has 8 nitrogen and oxygen atoms in total. The molecule has 3 fully saturated rings. The first-order valence-corrected chi connectivity index (χ1v) is 10.2. The van der Waals surface area contributed by atoms with Crippen LogP contribution in [0.4, 0.5) is 0 Å². The van der Waals surface area contributed by atoms with Crippen LogP contribution in [0.1, 0.15) is 52.5 Å². The molecular weight excluding hydrogens is 372 g/mol. The summed E-state index contributed by atoms with van der Waals surface area (Å²) in [7, 11) is 0. The van der Waals surface area contributed by atoms with Crippen molar-refractivity contribution in [2.45, 2.75) is 44.8 Å². The summed E-state index contributed by atoms with van der Waals surface area (Å²) in [5.74, 6) is -1.83. The van der Waals surface area contributed by atoms with Crippen molar-refractivity contribution in [2.75, 3.05) is 19.6 Å². The first-order chi connectivity index (χ1) is 13.9. The standard InChI is InChI=1S/C21H24N4O4/c1-12-21(10-22-11-21)7-8-24(12)9-13-3-2-4-14-17(13)20(29)25(19(14)28)15-5-6-16(26)23-18(15)27/h2-4,12,15,22H,5-11H2,1H3,(H,23,26,27). The number of benzene rings is 1. The Morgan fingerprint density at radius 2 is 1.93 bits per heavy atom. The second-order valence-corrected chi connectivity index (χ2v) is 8.65. The largest absolute Gasteiger partial charge is 0.315 e. The van der Waals surface area contributed by atoms with Gasteiger partial charge in [-0.25, -0.2) is 0 Å². The maximum absolute atomic E-state index is 13.2. The Kier molecular flexibility index (Phi) is 4.11. The number of piperidine rings is 1. The molecule has 4 aliphatic rings. The molecule has 29 heavy (non-hydrogen) atoms. The number of fused-ring (bicyclic) bond motifs is 1. The van der Waals surface area contributed by atoms with Gasteiger partial charge in [0.15, 0.2) is 0 Å². The number of likely N-dealkylation sites (tertiary alicyclic amines) is 1. The van der Waals surface area contributed by atoms with Gasteiger partial charge in [-0.15, -0.1) is 0 Å². The molecule has 3 saturated heterocycles. The van der Waals surface area contributed by atoms with Gasteiger partial charge < -0.3 is 5.32 Å². The zero-order chi connectivity index (χ0) is 20.3. The maximum atomic E-state index is 13.2. The Hall–Kier alpha value is -2.58. The van der Waals surface area contributed by atoms with Gasteiger partial charge in [0.1, 0.15) is 6.04 Å². The van der Waals surface area contributed by atoms with Crippen LogP contribution in [0, 0.1) is 5.41 Å². The van der Waals surface area contributed by atoms with Gasteiger partial charge in [-0.3, -0.25) is 34.3 Å². The quantitative estimate of drug-likeness (QED) is 0.712. The summed E-state index contributed by atoms with van der Waals surface area (Å²) < 4.78 is 0. The smallest absolute Gasteiger partial charge is 0.262 e. The molecule has 4 aliphatic heterocycles. The molecule has 4 heterocycles. The van der Waals surface area contributed by atoms with Crippen molar-refractivity contribution in [3.63, 3.8) is 0 Å². The van der Waals surface area contributed by atoms with Crippen LogP contribution in [0.5, 0.6) is 0 Å². The van der Waals surface area contributed by atoms with Gasteiger partial charge in [0.05, 0.1) is 11.1 Å². The molecule has 0 radical (unpaired) electrons. The number of carbonyl (C=O) groups excluding carboxylic acids is 4. The van der Waals surface area contributed by atoms with Crippen LogP contribution in [0.3, 0.4) is 0 Å². The number of hydrogen-bond acceptors (Lipinski definition) is 6. The van der Waals surface area contributed by atoms with Gasteiger partial charge in [0, 0.05) is 37.5 Å². The number of nitrogens with zero attached hydrogens (tertiary/aromatic N) is 2. The molecule has 0 aromatic heterocycles. The average molecular weight is 396 g/mol. The lowest BCUT2D eigenvalue weighted by atomic mass is 9.75. The van der Waals surface area contributed by atoms with Gasteiger partial charge in [0.25, 0.3) is 11.8 Å². The van der Waals surface area contributed by atoms with Crippen LogP contribution in [-0.2, 0) is 16.1 Å². The monoisotopic (exact) mass is 396 g/mol. The Bertz CT molecular complexity index is 939. The molecule has 2 atom stereocenters. The molecule has 8 heteroatoms. The van der Waals surface area contributed by atoms with E-state index in [0.29, 0.717) is 29.1 Å². The highest BCUT2D eigenvalue weighted by atomic mass is 16.2. The van der Waals surface area contributed by atoms with Crippen molar-refractivity contribution in [1.29, 1.82) is 0 Å². The van der Waals surface area contributed by atoms with Crippen molar-refractivity contribution in [3.8, 4) is 0 Å². The van der Waals surface area contributed by atoms with E-state index in [1.807, 2.05) is 6.07 Å². The predicted molar refractivity (Wildman–Crippen MR) is 103 cm³/mol. The molecular formula is C21H24N4O4. The summed E-state index contributed by atoms with van der Waals surface area (Å²) in [5.41, 5.74) is 1.90. The van der Waals surface area contributed by atoms with E-state index in [1.165, 1.54) is 0 Å². The molecule has 1 spiro atoms. The van der Waals surface area contributed by atoms with E-state index in [2.05, 4.69) is 22.5 Å². The molecule has 4 amide bonds. The van der Waals surface area contributed by atoms with Crippen LogP contribution < -0.4 is 10.6 Å². The number of imide groups is 2. The Balaban J connectivity index is 1.42. The van der Waals surface area contributed by atoms with Gasteiger partial charge in [-0.2, -0.15) is 0 Å². The van der Waals surface area contributed by atoms with Crippen LogP contribution in [-0.4, -0.2) is 65.1 Å². The topological polar surface area (TPSA) is 98.8 Å². The first-order valence-electron chi connectivity index (χ1n) is 10.2. The average Bonchev–Trinajstić information content (AvgIpc) is 3.12. The lowest BCUT2D eigenvalue weighted by Crippen LogP contribution is -2.58. The number of hydrogen-bond donors (Lipinski definition) is 2. The predicted octanol–water partition coefficient (Wildman–Crippen LogP) is 0.272. The lowest BCUT2D eigenvalue weighted by molar-refractivity contribution is -0.136. The van der Waals surface area contributed by atoms with E-state index in [9.17, 15) is 19.2 Å². The second kappa shape index (κ2) is 6.47. The fourth-order valence-corrected chi connectivity index (χ4v) is 5.23. The van der Waals surface area contributed by atoms with Crippen LogP contribution in [0.25, 0.3) is 0 Å². The van der Waals surface area contributed by atoms with Crippen LogP contribution >= 0.6 is 0 Å². The fourth-order valence-electron chi connectivity index (χ4n) is 5.23. The summed E-state index contributed by atoms with van der Waals surface area (Å²) in [4.78, 5) is 53.3. The summed E-state index contributed by atoms with van der Waals surface area (Å²) in [5, 5.41) is 5.61. The van der Waals surface area contributed by atoms with E-state index >= 15 is 0 Å². The summed E-state index contributed by atoms with van der Waals surface area (Å²) >= 11 is 0. The van der Waals surface area contributed by atoms with Gasteiger partial charge >= 0.3 is 0 Å². The molecule has 0 aliphatic carbocycles. The van der Waals surface area contributed by atoms with Gasteiger partial charge in [0.2, 0.25) is 11.8 Å². The van der Waals surface area contributed by atoms with Gasteiger partial charge in [-0.05, 0) is 37.9 Å². The third kappa shape index (κ3) is 2.66. The van der Waals surface area contributed by atoms with E-state index in [-0.39, 0.29) is 18.7 Å². The Morgan fingerprint density at radius 3 is 2.59 bits per heavy atom. The highest BCUT2D eigenvalue weighted by Gasteiger charge is 2.50. The zero-order valence-electron chi connectivity index (χ0n) is 16.4. The number of carbonyl (C=O) groups is 4. The lowest BCUT2D eigenvalue weighted by Gasteiger charge is -2.44. The van der Waals surface area contributed by atoms with Crippen molar-refractivity contribution in [3.05, 3.63) is 34.9 Å². The molecule has 0 saturated carbocycles. The Morgan fingerprint density at radius 1 is 1.14 bits per heavy atom. The van der Waals surface area contributed by atoms with E-state index in [0.717, 1.165) is 36.5 Å². The van der Waals surface area contributed by atoms with Crippen LogP contribution in [0.2, 0.25) is 0 Å². The SMILES string of the molecule is CC1N(Cc2cccc3c2C(=O)N(C2CCC(=O)NC2=O)C3=O)CCC12CNC2. The summed E-state index contributed by atoms with van der Waals surface area (Å²) in [6, 6.07) is 4.82. The number of amides is 4. The van der Waals surface area contributed by atoms with Crippen molar-refractivity contribution >= 4 is 23.6 Å². The highest BCUT2D eigenvalue weighted by molar-refractivity contribution is 6.24. The molecule has 2 N–H and O–H groups in total. The fraction of sp³-hybridized carbons (Fsp3) is 0.524. The minimum Gasteiger partial charge on any atom is -0.315 e. The molecule has 1 aromatic rings. The minimum absolute atomic E-state index is 0.123. The van der Waals surface area contributed by atoms with Crippen LogP contribution in [0.15, 0.2) is 18.2 Å². The van der Waals surface area contributed by atoms with E-state index < -0.39 is 23.8 Å².